The van der Waals surface area contributed by atoms with E-state index in [9.17, 15) is 4.79 Å². The van der Waals surface area contributed by atoms with E-state index in [1.165, 1.54) is 12.8 Å². The van der Waals surface area contributed by atoms with Gasteiger partial charge in [0.05, 0.1) is 6.54 Å². The van der Waals surface area contributed by atoms with Gasteiger partial charge in [0, 0.05) is 25.2 Å². The first-order valence-electron chi connectivity index (χ1n) is 6.42. The second kappa shape index (κ2) is 5.15. The minimum absolute atomic E-state index is 0.174. The van der Waals surface area contributed by atoms with E-state index in [1.807, 2.05) is 0 Å². The van der Waals surface area contributed by atoms with E-state index in [4.69, 9.17) is 5.73 Å². The molecule has 2 aliphatic rings. The largest absolute Gasteiger partial charge is 0.352 e. The summed E-state index contributed by atoms with van der Waals surface area (Å²) in [6.07, 6.45) is 4.83. The molecule has 2 atom stereocenters. The van der Waals surface area contributed by atoms with Crippen molar-refractivity contribution in [2.24, 2.45) is 11.7 Å². The number of carbonyl (C=O) groups excluding carboxylic acids is 1. The van der Waals surface area contributed by atoms with Crippen molar-refractivity contribution in [3.63, 3.8) is 0 Å². The zero-order valence-corrected chi connectivity index (χ0v) is 10.1. The monoisotopic (exact) mass is 225 g/mol. The summed E-state index contributed by atoms with van der Waals surface area (Å²) in [7, 11) is 0. The molecule has 1 aliphatic heterocycles. The van der Waals surface area contributed by atoms with E-state index in [0.717, 1.165) is 25.9 Å². The van der Waals surface area contributed by atoms with Crippen molar-refractivity contribution >= 4 is 5.91 Å². The molecule has 16 heavy (non-hydrogen) atoms. The van der Waals surface area contributed by atoms with Gasteiger partial charge in [-0.15, -0.1) is 0 Å². The lowest BCUT2D eigenvalue weighted by molar-refractivity contribution is -0.122. The van der Waals surface area contributed by atoms with Crippen LogP contribution in [0.25, 0.3) is 0 Å². The molecule has 1 aliphatic carbocycles. The number of hydrogen-bond donors (Lipinski definition) is 2. The first-order valence-corrected chi connectivity index (χ1v) is 6.42. The standard InChI is InChI=1S/C12H23N3O/c1-9-6-15(7-11(9)13)8-12(16)14-10-4-2-3-5-10/h9-11H,2-8,13H2,1H3,(H,14,16). The summed E-state index contributed by atoms with van der Waals surface area (Å²) in [4.78, 5) is 13.9. The van der Waals surface area contributed by atoms with E-state index < -0.39 is 0 Å². The van der Waals surface area contributed by atoms with Crippen molar-refractivity contribution in [3.05, 3.63) is 0 Å². The number of hydrogen-bond acceptors (Lipinski definition) is 3. The van der Waals surface area contributed by atoms with Gasteiger partial charge in [-0.2, -0.15) is 0 Å². The molecule has 3 N–H and O–H groups in total. The number of rotatable bonds is 3. The van der Waals surface area contributed by atoms with Crippen LogP contribution in [0.3, 0.4) is 0 Å². The lowest BCUT2D eigenvalue weighted by atomic mass is 10.1. The summed E-state index contributed by atoms with van der Waals surface area (Å²) in [5.74, 6) is 0.687. The number of nitrogens with two attached hydrogens (primary N) is 1. The minimum Gasteiger partial charge on any atom is -0.352 e. The van der Waals surface area contributed by atoms with Crippen molar-refractivity contribution in [2.75, 3.05) is 19.6 Å². The van der Waals surface area contributed by atoms with Gasteiger partial charge in [0.1, 0.15) is 0 Å². The Balaban J connectivity index is 1.71. The maximum Gasteiger partial charge on any atom is 0.234 e. The third-order valence-corrected chi connectivity index (χ3v) is 3.83. The predicted octanol–water partition coefficient (Wildman–Crippen LogP) is 0.324. The van der Waals surface area contributed by atoms with Gasteiger partial charge in [-0.1, -0.05) is 19.8 Å². The molecule has 0 radical (unpaired) electrons. The number of carbonyl (C=O) groups is 1. The molecule has 2 rings (SSSR count). The second-order valence-corrected chi connectivity index (χ2v) is 5.38. The Hall–Kier alpha value is -0.610. The molecule has 1 amide bonds. The number of nitrogens with zero attached hydrogens (tertiary/aromatic N) is 1. The van der Waals surface area contributed by atoms with Gasteiger partial charge >= 0.3 is 0 Å². The van der Waals surface area contributed by atoms with Gasteiger partial charge < -0.3 is 11.1 Å². The van der Waals surface area contributed by atoms with Crippen LogP contribution < -0.4 is 11.1 Å². The summed E-state index contributed by atoms with van der Waals surface area (Å²) in [5.41, 5.74) is 5.93. The maximum absolute atomic E-state index is 11.8. The lowest BCUT2D eigenvalue weighted by Gasteiger charge is -2.17. The average Bonchev–Trinajstić information content (AvgIpc) is 2.78. The molecule has 1 heterocycles. The number of amides is 1. The zero-order valence-electron chi connectivity index (χ0n) is 10.1. The molecule has 1 saturated heterocycles. The van der Waals surface area contributed by atoms with Crippen molar-refractivity contribution in [3.8, 4) is 0 Å². The molecule has 2 unspecified atom stereocenters. The Morgan fingerprint density at radius 1 is 1.38 bits per heavy atom. The lowest BCUT2D eigenvalue weighted by Crippen LogP contribution is -2.41. The van der Waals surface area contributed by atoms with Crippen LogP contribution in [-0.2, 0) is 4.79 Å². The summed E-state index contributed by atoms with van der Waals surface area (Å²) in [6, 6.07) is 0.667. The molecule has 4 heteroatoms. The van der Waals surface area contributed by atoms with Gasteiger partial charge in [0.25, 0.3) is 0 Å². The van der Waals surface area contributed by atoms with Crippen LogP contribution in [0.15, 0.2) is 0 Å². The Labute approximate surface area is 97.6 Å². The summed E-state index contributed by atoms with van der Waals surface area (Å²) in [5, 5.41) is 3.11. The highest BCUT2D eigenvalue weighted by atomic mass is 16.2. The SMILES string of the molecule is CC1CN(CC(=O)NC2CCCC2)CC1N. The van der Waals surface area contributed by atoms with E-state index in [0.29, 0.717) is 18.5 Å². The van der Waals surface area contributed by atoms with Crippen molar-refractivity contribution < 1.29 is 4.79 Å². The normalized spacial score (nSPS) is 32.1. The highest BCUT2D eigenvalue weighted by Crippen LogP contribution is 2.18. The third-order valence-electron chi connectivity index (χ3n) is 3.83. The second-order valence-electron chi connectivity index (χ2n) is 5.38. The summed E-state index contributed by atoms with van der Waals surface area (Å²) < 4.78 is 0. The number of likely N-dealkylation sites (tertiary alicyclic amines) is 1. The minimum atomic E-state index is 0.174. The Bertz CT molecular complexity index is 241. The van der Waals surface area contributed by atoms with Crippen LogP contribution in [-0.4, -0.2) is 42.5 Å². The van der Waals surface area contributed by atoms with Crippen LogP contribution in [0.1, 0.15) is 32.6 Å². The average molecular weight is 225 g/mol. The van der Waals surface area contributed by atoms with Gasteiger partial charge in [0.2, 0.25) is 5.91 Å². The first-order chi connectivity index (χ1) is 7.65. The molecular weight excluding hydrogens is 202 g/mol. The number of nitrogens with one attached hydrogen (secondary N) is 1. The Morgan fingerprint density at radius 2 is 2.06 bits per heavy atom. The van der Waals surface area contributed by atoms with E-state index in [2.05, 4.69) is 17.1 Å². The van der Waals surface area contributed by atoms with Crippen LogP contribution in [0.5, 0.6) is 0 Å². The Kier molecular flexibility index (Phi) is 3.82. The van der Waals surface area contributed by atoms with Crippen LogP contribution >= 0.6 is 0 Å². The molecule has 4 nitrogen and oxygen atoms in total. The van der Waals surface area contributed by atoms with E-state index in [1.54, 1.807) is 0 Å². The third kappa shape index (κ3) is 2.95. The fraction of sp³-hybridized carbons (Fsp3) is 0.917. The molecule has 0 bridgehead atoms. The van der Waals surface area contributed by atoms with Gasteiger partial charge in [0.15, 0.2) is 0 Å². The Morgan fingerprint density at radius 3 is 2.62 bits per heavy atom. The van der Waals surface area contributed by atoms with Crippen molar-refractivity contribution in [1.82, 2.24) is 10.2 Å². The molecular formula is C12H23N3O. The molecule has 0 aromatic carbocycles. The molecule has 92 valence electrons. The molecule has 0 spiro atoms. The first kappa shape index (κ1) is 11.9. The van der Waals surface area contributed by atoms with E-state index in [-0.39, 0.29) is 11.9 Å². The van der Waals surface area contributed by atoms with Crippen molar-refractivity contribution in [1.29, 1.82) is 0 Å². The highest BCUT2D eigenvalue weighted by molar-refractivity contribution is 5.78. The molecule has 0 aromatic rings. The van der Waals surface area contributed by atoms with Crippen molar-refractivity contribution in [2.45, 2.75) is 44.7 Å². The maximum atomic E-state index is 11.8. The predicted molar refractivity (Wildman–Crippen MR) is 64.0 cm³/mol. The van der Waals surface area contributed by atoms with Gasteiger partial charge in [-0.25, -0.2) is 0 Å². The molecule has 0 aromatic heterocycles. The van der Waals surface area contributed by atoms with E-state index >= 15 is 0 Å². The van der Waals surface area contributed by atoms with Crippen LogP contribution in [0, 0.1) is 5.92 Å². The summed E-state index contributed by atoms with van der Waals surface area (Å²) >= 11 is 0. The summed E-state index contributed by atoms with van der Waals surface area (Å²) in [6.45, 7) is 4.49. The van der Waals surface area contributed by atoms with Crippen LogP contribution in [0.2, 0.25) is 0 Å². The smallest absolute Gasteiger partial charge is 0.234 e. The van der Waals surface area contributed by atoms with Gasteiger partial charge in [-0.3, -0.25) is 9.69 Å². The topological polar surface area (TPSA) is 58.4 Å². The molecule has 1 saturated carbocycles. The quantitative estimate of drug-likeness (QED) is 0.727. The highest BCUT2D eigenvalue weighted by Gasteiger charge is 2.28. The fourth-order valence-corrected chi connectivity index (χ4v) is 2.77. The zero-order chi connectivity index (χ0) is 11.5. The molecule has 2 fully saturated rings. The fourth-order valence-electron chi connectivity index (χ4n) is 2.77. The van der Waals surface area contributed by atoms with Crippen LogP contribution in [0.4, 0.5) is 0 Å². The van der Waals surface area contributed by atoms with Gasteiger partial charge in [-0.05, 0) is 18.8 Å².